The number of benzene rings is 1. The first-order chi connectivity index (χ1) is 9.92. The summed E-state index contributed by atoms with van der Waals surface area (Å²) >= 11 is 1.66. The molecule has 0 saturated carbocycles. The van der Waals surface area contributed by atoms with Crippen LogP contribution in [0.4, 0.5) is 0 Å². The number of hydrogen-bond acceptors (Lipinski definition) is 4. The van der Waals surface area contributed by atoms with E-state index in [1.165, 1.54) is 21.6 Å². The number of nitrogens with two attached hydrogens (primary N) is 1. The van der Waals surface area contributed by atoms with E-state index in [0.29, 0.717) is 6.61 Å². The third-order valence-electron chi connectivity index (χ3n) is 3.64. The molecule has 0 bridgehead atoms. The Bertz CT molecular complexity index is 632. The second kappa shape index (κ2) is 6.58. The number of ether oxygens (including phenoxy) is 1. The summed E-state index contributed by atoms with van der Waals surface area (Å²) in [6.45, 7) is 10.9. The Balaban J connectivity index is 2.17. The van der Waals surface area contributed by atoms with Crippen molar-refractivity contribution in [3.8, 4) is 5.75 Å². The lowest BCUT2D eigenvalue weighted by Gasteiger charge is -2.11. The average Bonchev–Trinajstić information content (AvgIpc) is 2.84. The molecule has 114 valence electrons. The monoisotopic (exact) mass is 304 g/mol. The van der Waals surface area contributed by atoms with E-state index < -0.39 is 0 Å². The predicted octanol–water partition coefficient (Wildman–Crippen LogP) is 4.23. The van der Waals surface area contributed by atoms with Gasteiger partial charge in [-0.05, 0) is 56.9 Å². The molecule has 0 amide bonds. The number of aryl methyl sites for hydroxylation is 3. The molecule has 1 unspecified atom stereocenters. The molecule has 1 aromatic carbocycles. The fourth-order valence-corrected chi connectivity index (χ4v) is 3.40. The van der Waals surface area contributed by atoms with Crippen molar-refractivity contribution in [3.05, 3.63) is 44.4 Å². The van der Waals surface area contributed by atoms with E-state index in [2.05, 4.69) is 44.8 Å². The molecule has 0 aliphatic rings. The highest BCUT2D eigenvalue weighted by Gasteiger charge is 2.14. The molecule has 1 aromatic heterocycles. The Labute approximate surface area is 131 Å². The molecular formula is C17H24N2OS. The average molecular weight is 304 g/mol. The van der Waals surface area contributed by atoms with Crippen LogP contribution in [0.2, 0.25) is 0 Å². The summed E-state index contributed by atoms with van der Waals surface area (Å²) < 4.78 is 5.98. The molecule has 0 aliphatic heterocycles. The Morgan fingerprint density at radius 3 is 2.57 bits per heavy atom. The minimum absolute atomic E-state index is 0.0363. The molecule has 1 atom stereocenters. The lowest BCUT2D eigenvalue weighted by Crippen LogP contribution is -2.05. The highest BCUT2D eigenvalue weighted by atomic mass is 32.1. The maximum atomic E-state index is 6.00. The van der Waals surface area contributed by atoms with Crippen LogP contribution in [-0.2, 0) is 13.0 Å². The summed E-state index contributed by atoms with van der Waals surface area (Å²) in [5.41, 5.74) is 10.8. The van der Waals surface area contributed by atoms with Crippen LogP contribution in [0, 0.1) is 20.8 Å². The van der Waals surface area contributed by atoms with Gasteiger partial charge in [0.05, 0.1) is 5.69 Å². The largest absolute Gasteiger partial charge is 0.486 e. The van der Waals surface area contributed by atoms with Crippen LogP contribution in [0.5, 0.6) is 5.75 Å². The minimum Gasteiger partial charge on any atom is -0.486 e. The zero-order chi connectivity index (χ0) is 15.6. The maximum Gasteiger partial charge on any atom is 0.140 e. The Kier molecular flexibility index (Phi) is 5.01. The van der Waals surface area contributed by atoms with Gasteiger partial charge in [-0.3, -0.25) is 0 Å². The fraction of sp³-hybridized carbons (Fsp3) is 0.471. The van der Waals surface area contributed by atoms with Crippen LogP contribution >= 0.6 is 11.3 Å². The van der Waals surface area contributed by atoms with Crippen LogP contribution in [0.1, 0.15) is 52.2 Å². The van der Waals surface area contributed by atoms with Crippen molar-refractivity contribution in [1.82, 2.24) is 4.98 Å². The van der Waals surface area contributed by atoms with E-state index in [4.69, 9.17) is 10.5 Å². The van der Waals surface area contributed by atoms with Crippen molar-refractivity contribution in [1.29, 1.82) is 0 Å². The highest BCUT2D eigenvalue weighted by Crippen LogP contribution is 2.27. The van der Waals surface area contributed by atoms with E-state index in [-0.39, 0.29) is 6.04 Å². The van der Waals surface area contributed by atoms with Gasteiger partial charge in [0.1, 0.15) is 17.4 Å². The van der Waals surface area contributed by atoms with Crippen molar-refractivity contribution in [2.45, 2.75) is 53.7 Å². The number of thiazole rings is 1. The van der Waals surface area contributed by atoms with Crippen LogP contribution in [0.25, 0.3) is 0 Å². The third kappa shape index (κ3) is 3.63. The van der Waals surface area contributed by atoms with Crippen molar-refractivity contribution in [3.63, 3.8) is 0 Å². The number of nitrogens with zero attached hydrogens (tertiary/aromatic N) is 1. The van der Waals surface area contributed by atoms with Gasteiger partial charge in [-0.25, -0.2) is 4.98 Å². The van der Waals surface area contributed by atoms with Gasteiger partial charge in [-0.1, -0.05) is 13.0 Å². The molecule has 0 radical (unpaired) electrons. The topological polar surface area (TPSA) is 48.1 Å². The van der Waals surface area contributed by atoms with Gasteiger partial charge in [0.25, 0.3) is 0 Å². The second-order valence-electron chi connectivity index (χ2n) is 5.55. The van der Waals surface area contributed by atoms with Gasteiger partial charge >= 0.3 is 0 Å². The first-order valence-corrected chi connectivity index (χ1v) is 8.18. The molecule has 0 fully saturated rings. The van der Waals surface area contributed by atoms with E-state index in [9.17, 15) is 0 Å². The molecule has 3 nitrogen and oxygen atoms in total. The second-order valence-corrected chi connectivity index (χ2v) is 6.67. The molecule has 0 saturated heterocycles. The van der Waals surface area contributed by atoms with Crippen molar-refractivity contribution in [2.75, 3.05) is 0 Å². The number of hydrogen-bond donors (Lipinski definition) is 1. The minimum atomic E-state index is 0.0363. The lowest BCUT2D eigenvalue weighted by molar-refractivity contribution is 0.303. The van der Waals surface area contributed by atoms with Gasteiger partial charge in [0, 0.05) is 10.9 Å². The molecule has 0 spiro atoms. The van der Waals surface area contributed by atoms with E-state index in [1.54, 1.807) is 11.3 Å². The standard InChI is InChI=1S/C17H24N2OS/c1-6-14-17(13(5)18)21-16(19-14)9-20-15-8-10(2)7-11(3)12(15)4/h7-8,13H,6,9,18H2,1-5H3. The molecule has 1 heterocycles. The summed E-state index contributed by atoms with van der Waals surface area (Å²) in [4.78, 5) is 5.83. The molecule has 4 heteroatoms. The van der Waals surface area contributed by atoms with E-state index in [1.807, 2.05) is 6.92 Å². The summed E-state index contributed by atoms with van der Waals surface area (Å²) in [5, 5.41) is 0.998. The van der Waals surface area contributed by atoms with Crippen molar-refractivity contribution >= 4 is 11.3 Å². The van der Waals surface area contributed by atoms with Crippen LogP contribution in [-0.4, -0.2) is 4.98 Å². The van der Waals surface area contributed by atoms with Crippen molar-refractivity contribution in [2.24, 2.45) is 5.73 Å². The molecular weight excluding hydrogens is 280 g/mol. The van der Waals surface area contributed by atoms with Gasteiger partial charge in [-0.15, -0.1) is 11.3 Å². The van der Waals surface area contributed by atoms with Gasteiger partial charge in [0.15, 0.2) is 0 Å². The zero-order valence-corrected chi connectivity index (χ0v) is 14.3. The Hall–Kier alpha value is -1.39. The number of aromatic nitrogens is 1. The maximum absolute atomic E-state index is 6.00. The summed E-state index contributed by atoms with van der Waals surface area (Å²) in [6, 6.07) is 4.30. The molecule has 0 aliphatic carbocycles. The normalized spacial score (nSPS) is 12.5. The molecule has 2 rings (SSSR count). The van der Waals surface area contributed by atoms with Crippen LogP contribution < -0.4 is 10.5 Å². The highest BCUT2D eigenvalue weighted by molar-refractivity contribution is 7.11. The van der Waals surface area contributed by atoms with Gasteiger partial charge in [0.2, 0.25) is 0 Å². The van der Waals surface area contributed by atoms with Crippen LogP contribution in [0.3, 0.4) is 0 Å². The van der Waals surface area contributed by atoms with E-state index in [0.717, 1.165) is 22.9 Å². The first kappa shape index (κ1) is 16.0. The Morgan fingerprint density at radius 1 is 1.29 bits per heavy atom. The summed E-state index contributed by atoms with van der Waals surface area (Å²) in [5.74, 6) is 0.947. The predicted molar refractivity (Wildman–Crippen MR) is 89.1 cm³/mol. The Morgan fingerprint density at radius 2 is 2.00 bits per heavy atom. The molecule has 2 N–H and O–H groups in total. The summed E-state index contributed by atoms with van der Waals surface area (Å²) in [6.07, 6.45) is 0.913. The van der Waals surface area contributed by atoms with Gasteiger partial charge < -0.3 is 10.5 Å². The fourth-order valence-electron chi connectivity index (χ4n) is 2.38. The molecule has 2 aromatic rings. The number of rotatable bonds is 5. The lowest BCUT2D eigenvalue weighted by atomic mass is 10.1. The quantitative estimate of drug-likeness (QED) is 0.899. The SMILES string of the molecule is CCc1nc(COc2cc(C)cc(C)c2C)sc1C(C)N. The third-order valence-corrected chi connectivity index (χ3v) is 4.91. The van der Waals surface area contributed by atoms with Crippen LogP contribution in [0.15, 0.2) is 12.1 Å². The summed E-state index contributed by atoms with van der Waals surface area (Å²) in [7, 11) is 0. The van der Waals surface area contributed by atoms with Gasteiger partial charge in [-0.2, -0.15) is 0 Å². The van der Waals surface area contributed by atoms with Crippen molar-refractivity contribution < 1.29 is 4.74 Å². The smallest absolute Gasteiger partial charge is 0.140 e. The molecule has 21 heavy (non-hydrogen) atoms. The first-order valence-electron chi connectivity index (χ1n) is 7.37. The van der Waals surface area contributed by atoms with E-state index >= 15 is 0 Å². The zero-order valence-electron chi connectivity index (χ0n) is 13.5.